The Balaban J connectivity index is 1.50. The van der Waals surface area contributed by atoms with Crippen molar-refractivity contribution in [3.8, 4) is 0 Å². The Morgan fingerprint density at radius 1 is 1.18 bits per heavy atom. The molecule has 6 heteroatoms. The second-order valence-corrected chi connectivity index (χ2v) is 9.03. The molecule has 154 valence electrons. The van der Waals surface area contributed by atoms with Gasteiger partial charge in [0.15, 0.2) is 0 Å². The van der Waals surface area contributed by atoms with E-state index in [0.29, 0.717) is 18.9 Å². The highest BCUT2D eigenvalue weighted by atomic mass is 16.5. The predicted octanol–water partition coefficient (Wildman–Crippen LogP) is 3.02. The highest BCUT2D eigenvalue weighted by Gasteiger charge is 2.41. The standard InChI is InChI=1S/C22H33N3O3/c1-16-14-24(22(2,3)4)12-11-19(16)25-13-10-18(20(25)26)23-21(27)28-15-17-8-6-5-7-9-17/h5-9,16,18-19H,10-15H2,1-4H3,(H,23,27)/t16?,18-,19?/m0/s1. The molecule has 1 aromatic rings. The molecule has 0 saturated carbocycles. The first-order valence-electron chi connectivity index (χ1n) is 10.3. The van der Waals surface area contributed by atoms with Crippen LogP contribution in [0.2, 0.25) is 0 Å². The normalized spacial score (nSPS) is 26.4. The van der Waals surface area contributed by atoms with Gasteiger partial charge in [-0.05, 0) is 45.1 Å². The molecule has 28 heavy (non-hydrogen) atoms. The van der Waals surface area contributed by atoms with Crippen molar-refractivity contribution in [1.82, 2.24) is 15.1 Å². The topological polar surface area (TPSA) is 61.9 Å². The third-order valence-electron chi connectivity index (χ3n) is 5.95. The van der Waals surface area contributed by atoms with Crippen molar-refractivity contribution in [2.75, 3.05) is 19.6 Å². The van der Waals surface area contributed by atoms with Crippen molar-refractivity contribution in [1.29, 1.82) is 0 Å². The van der Waals surface area contributed by atoms with E-state index < -0.39 is 12.1 Å². The van der Waals surface area contributed by atoms with Crippen molar-refractivity contribution in [2.45, 2.75) is 64.8 Å². The monoisotopic (exact) mass is 387 g/mol. The number of piperidine rings is 1. The van der Waals surface area contributed by atoms with Gasteiger partial charge in [0.1, 0.15) is 12.6 Å². The Kier molecular flexibility index (Phi) is 6.28. The summed E-state index contributed by atoms with van der Waals surface area (Å²) in [5, 5.41) is 2.75. The molecule has 0 bridgehead atoms. The molecule has 2 amide bonds. The smallest absolute Gasteiger partial charge is 0.408 e. The molecule has 2 aliphatic rings. The lowest BCUT2D eigenvalue weighted by molar-refractivity contribution is -0.133. The number of nitrogens with one attached hydrogen (secondary N) is 1. The Morgan fingerprint density at radius 3 is 2.54 bits per heavy atom. The third kappa shape index (κ3) is 4.85. The van der Waals surface area contributed by atoms with Gasteiger partial charge in [-0.2, -0.15) is 0 Å². The minimum atomic E-state index is -0.528. The van der Waals surface area contributed by atoms with E-state index in [1.54, 1.807) is 0 Å². The van der Waals surface area contributed by atoms with E-state index >= 15 is 0 Å². The highest BCUT2D eigenvalue weighted by molar-refractivity contribution is 5.87. The second kappa shape index (κ2) is 8.52. The van der Waals surface area contributed by atoms with Gasteiger partial charge in [-0.3, -0.25) is 9.69 Å². The number of benzene rings is 1. The summed E-state index contributed by atoms with van der Waals surface area (Å²) >= 11 is 0. The van der Waals surface area contributed by atoms with Gasteiger partial charge in [0.25, 0.3) is 0 Å². The minimum Gasteiger partial charge on any atom is -0.445 e. The maximum absolute atomic E-state index is 12.9. The number of alkyl carbamates (subject to hydrolysis) is 1. The average Bonchev–Trinajstić information content (AvgIpc) is 3.00. The first kappa shape index (κ1) is 20.6. The van der Waals surface area contributed by atoms with Gasteiger partial charge in [-0.15, -0.1) is 0 Å². The Labute approximate surface area is 168 Å². The number of rotatable bonds is 4. The van der Waals surface area contributed by atoms with Crippen molar-refractivity contribution in [3.05, 3.63) is 35.9 Å². The van der Waals surface area contributed by atoms with Crippen LogP contribution in [0.15, 0.2) is 30.3 Å². The summed E-state index contributed by atoms with van der Waals surface area (Å²) in [4.78, 5) is 29.5. The molecule has 0 aliphatic carbocycles. The van der Waals surface area contributed by atoms with Crippen LogP contribution in [-0.4, -0.2) is 59.1 Å². The fraction of sp³-hybridized carbons (Fsp3) is 0.636. The van der Waals surface area contributed by atoms with E-state index in [4.69, 9.17) is 4.74 Å². The Morgan fingerprint density at radius 2 is 1.89 bits per heavy atom. The summed E-state index contributed by atoms with van der Waals surface area (Å²) in [5.74, 6) is 0.443. The van der Waals surface area contributed by atoms with E-state index in [1.807, 2.05) is 35.2 Å². The van der Waals surface area contributed by atoms with Crippen molar-refractivity contribution in [3.63, 3.8) is 0 Å². The highest BCUT2D eigenvalue weighted by Crippen LogP contribution is 2.29. The first-order chi connectivity index (χ1) is 13.3. The molecule has 2 saturated heterocycles. The molecule has 0 radical (unpaired) electrons. The summed E-state index contributed by atoms with van der Waals surface area (Å²) in [6.45, 7) is 11.8. The van der Waals surface area contributed by atoms with Gasteiger partial charge in [0, 0.05) is 31.2 Å². The lowest BCUT2D eigenvalue weighted by Gasteiger charge is -2.46. The first-order valence-corrected chi connectivity index (χ1v) is 10.3. The molecule has 0 aromatic heterocycles. The van der Waals surface area contributed by atoms with Gasteiger partial charge in [0.2, 0.25) is 5.91 Å². The number of hydrogen-bond acceptors (Lipinski definition) is 4. The largest absolute Gasteiger partial charge is 0.445 e. The molecule has 1 N–H and O–H groups in total. The molecular weight excluding hydrogens is 354 g/mol. The molecule has 6 nitrogen and oxygen atoms in total. The van der Waals surface area contributed by atoms with Gasteiger partial charge in [-0.1, -0.05) is 37.3 Å². The lowest BCUT2D eigenvalue weighted by Crippen LogP contribution is -2.56. The summed E-state index contributed by atoms with van der Waals surface area (Å²) < 4.78 is 5.26. The van der Waals surface area contributed by atoms with E-state index in [2.05, 4.69) is 37.9 Å². The van der Waals surface area contributed by atoms with Crippen LogP contribution in [0.25, 0.3) is 0 Å². The van der Waals surface area contributed by atoms with Crippen LogP contribution in [0.4, 0.5) is 4.79 Å². The minimum absolute atomic E-state index is 0.0257. The zero-order valence-corrected chi connectivity index (χ0v) is 17.5. The molecular formula is C22H33N3O3. The Bertz CT molecular complexity index is 686. The van der Waals surface area contributed by atoms with E-state index in [0.717, 1.165) is 25.1 Å². The van der Waals surface area contributed by atoms with Gasteiger partial charge < -0.3 is 15.0 Å². The average molecular weight is 388 g/mol. The number of carbonyl (C=O) groups is 2. The summed E-state index contributed by atoms with van der Waals surface area (Å²) in [6.07, 6.45) is 1.10. The maximum atomic E-state index is 12.9. The molecule has 2 fully saturated rings. The van der Waals surface area contributed by atoms with Crippen LogP contribution in [0, 0.1) is 5.92 Å². The lowest BCUT2D eigenvalue weighted by atomic mass is 9.89. The van der Waals surface area contributed by atoms with Crippen LogP contribution < -0.4 is 5.32 Å². The van der Waals surface area contributed by atoms with E-state index in [1.165, 1.54) is 0 Å². The van der Waals surface area contributed by atoms with Gasteiger partial charge in [-0.25, -0.2) is 4.79 Å². The fourth-order valence-corrected chi connectivity index (χ4v) is 4.28. The zero-order chi connectivity index (χ0) is 20.3. The molecule has 2 aliphatic heterocycles. The van der Waals surface area contributed by atoms with Crippen LogP contribution >= 0.6 is 0 Å². The number of hydrogen-bond donors (Lipinski definition) is 1. The van der Waals surface area contributed by atoms with Gasteiger partial charge in [0.05, 0.1) is 0 Å². The fourth-order valence-electron chi connectivity index (χ4n) is 4.28. The van der Waals surface area contributed by atoms with Crippen LogP contribution in [0.1, 0.15) is 46.1 Å². The molecule has 3 rings (SSSR count). The van der Waals surface area contributed by atoms with E-state index in [-0.39, 0.29) is 24.1 Å². The van der Waals surface area contributed by atoms with E-state index in [9.17, 15) is 9.59 Å². The summed E-state index contributed by atoms with van der Waals surface area (Å²) in [6, 6.07) is 9.31. The number of likely N-dealkylation sites (tertiary alicyclic amines) is 2. The number of ether oxygens (including phenoxy) is 1. The summed E-state index contributed by atoms with van der Waals surface area (Å²) in [7, 11) is 0. The molecule has 2 heterocycles. The predicted molar refractivity (Wildman–Crippen MR) is 109 cm³/mol. The third-order valence-corrected chi connectivity index (χ3v) is 5.95. The second-order valence-electron chi connectivity index (χ2n) is 9.03. The summed E-state index contributed by atoms with van der Waals surface area (Å²) in [5.41, 5.74) is 1.08. The van der Waals surface area contributed by atoms with Crippen molar-refractivity contribution < 1.29 is 14.3 Å². The van der Waals surface area contributed by atoms with Crippen LogP contribution in [-0.2, 0) is 16.1 Å². The molecule has 2 unspecified atom stereocenters. The SMILES string of the molecule is CC1CN(C(C)(C)C)CCC1N1CC[C@H](NC(=O)OCc2ccccc2)C1=O. The molecule has 1 aromatic carbocycles. The quantitative estimate of drug-likeness (QED) is 0.863. The molecule has 0 spiro atoms. The number of carbonyl (C=O) groups excluding carboxylic acids is 2. The van der Waals surface area contributed by atoms with Gasteiger partial charge >= 0.3 is 6.09 Å². The zero-order valence-electron chi connectivity index (χ0n) is 17.5. The Hall–Kier alpha value is -2.08. The van der Waals surface area contributed by atoms with Crippen molar-refractivity contribution >= 4 is 12.0 Å². The maximum Gasteiger partial charge on any atom is 0.408 e. The van der Waals surface area contributed by atoms with Crippen LogP contribution in [0.5, 0.6) is 0 Å². The number of amides is 2. The number of nitrogens with zero attached hydrogens (tertiary/aromatic N) is 2. The molecule has 3 atom stereocenters. The van der Waals surface area contributed by atoms with Crippen LogP contribution in [0.3, 0.4) is 0 Å². The van der Waals surface area contributed by atoms with Crippen molar-refractivity contribution in [2.24, 2.45) is 5.92 Å².